The maximum Gasteiger partial charge on any atom is 0.147 e. The van der Waals surface area contributed by atoms with E-state index in [0.717, 1.165) is 31.2 Å². The van der Waals surface area contributed by atoms with Crippen LogP contribution < -0.4 is 0 Å². The lowest BCUT2D eigenvalue weighted by Gasteiger charge is -2.19. The van der Waals surface area contributed by atoms with Gasteiger partial charge in [0.2, 0.25) is 0 Å². The first kappa shape index (κ1) is 13.1. The number of aryl methyl sites for hydroxylation is 4. The van der Waals surface area contributed by atoms with Gasteiger partial charge in [-0.05, 0) is 33.1 Å². The fourth-order valence-corrected chi connectivity index (χ4v) is 2.87. The topological polar surface area (TPSA) is 48.5 Å². The highest BCUT2D eigenvalue weighted by Gasteiger charge is 2.17. The average Bonchev–Trinajstić information content (AvgIpc) is 3.04. The Balaban J connectivity index is 1.70. The van der Waals surface area contributed by atoms with Gasteiger partial charge in [0.15, 0.2) is 0 Å². The number of aromatic nitrogens is 5. The summed E-state index contributed by atoms with van der Waals surface area (Å²) >= 11 is 0. The highest BCUT2D eigenvalue weighted by atomic mass is 15.3. The van der Waals surface area contributed by atoms with Crippen LogP contribution in [0.25, 0.3) is 0 Å². The van der Waals surface area contributed by atoms with Crippen LogP contribution in [0.2, 0.25) is 0 Å². The third kappa shape index (κ3) is 2.66. The van der Waals surface area contributed by atoms with E-state index in [1.807, 2.05) is 24.7 Å². The van der Waals surface area contributed by atoms with Crippen LogP contribution >= 0.6 is 0 Å². The number of imidazole rings is 1. The van der Waals surface area contributed by atoms with E-state index in [0.29, 0.717) is 5.92 Å². The van der Waals surface area contributed by atoms with E-state index >= 15 is 0 Å². The Morgan fingerprint density at radius 3 is 2.85 bits per heavy atom. The van der Waals surface area contributed by atoms with E-state index in [1.165, 1.54) is 18.7 Å². The fourth-order valence-electron chi connectivity index (χ4n) is 2.87. The summed E-state index contributed by atoms with van der Waals surface area (Å²) in [7, 11) is 0. The molecular weight excluding hydrogens is 250 g/mol. The van der Waals surface area contributed by atoms with Gasteiger partial charge in [-0.25, -0.2) is 14.6 Å². The maximum atomic E-state index is 4.56. The second-order valence-corrected chi connectivity index (χ2v) is 5.39. The minimum absolute atomic E-state index is 0.563. The quantitative estimate of drug-likeness (QED) is 0.803. The van der Waals surface area contributed by atoms with Crippen molar-refractivity contribution in [2.24, 2.45) is 0 Å². The molecule has 5 heteroatoms. The second-order valence-electron chi connectivity index (χ2n) is 5.39. The number of rotatable bonds is 4. The SMILES string of the molecule is Cc1nc(C)n(CCn2ccnc2[C@@H]2CC=CCC2)n1. The smallest absolute Gasteiger partial charge is 0.147 e. The summed E-state index contributed by atoms with van der Waals surface area (Å²) in [5.74, 6) is 3.59. The first-order valence-electron chi connectivity index (χ1n) is 7.28. The molecule has 1 atom stereocenters. The van der Waals surface area contributed by atoms with Crippen molar-refractivity contribution >= 4 is 0 Å². The molecule has 0 unspecified atom stereocenters. The predicted molar refractivity (Wildman–Crippen MR) is 77.5 cm³/mol. The van der Waals surface area contributed by atoms with Gasteiger partial charge in [-0.2, -0.15) is 5.10 Å². The Morgan fingerprint density at radius 2 is 2.15 bits per heavy atom. The molecule has 106 valence electrons. The number of hydrogen-bond acceptors (Lipinski definition) is 3. The van der Waals surface area contributed by atoms with Gasteiger partial charge in [-0.15, -0.1) is 0 Å². The molecule has 1 aliphatic rings. The van der Waals surface area contributed by atoms with E-state index in [2.05, 4.69) is 38.0 Å². The third-order valence-corrected chi connectivity index (χ3v) is 3.90. The van der Waals surface area contributed by atoms with Crippen LogP contribution in [0.15, 0.2) is 24.5 Å². The first-order valence-corrected chi connectivity index (χ1v) is 7.28. The lowest BCUT2D eigenvalue weighted by Crippen LogP contribution is -2.15. The molecule has 2 heterocycles. The molecule has 5 nitrogen and oxygen atoms in total. The Morgan fingerprint density at radius 1 is 1.25 bits per heavy atom. The summed E-state index contributed by atoms with van der Waals surface area (Å²) in [6, 6.07) is 0. The van der Waals surface area contributed by atoms with Crippen LogP contribution in [0, 0.1) is 13.8 Å². The molecule has 0 spiro atoms. The van der Waals surface area contributed by atoms with Gasteiger partial charge in [0, 0.05) is 24.9 Å². The normalized spacial score (nSPS) is 18.6. The largest absolute Gasteiger partial charge is 0.333 e. The molecule has 0 aromatic carbocycles. The van der Waals surface area contributed by atoms with Crippen molar-refractivity contribution in [2.45, 2.75) is 52.1 Å². The minimum Gasteiger partial charge on any atom is -0.333 e. The molecule has 0 saturated heterocycles. The van der Waals surface area contributed by atoms with E-state index in [4.69, 9.17) is 0 Å². The summed E-state index contributed by atoms with van der Waals surface area (Å²) < 4.78 is 4.24. The van der Waals surface area contributed by atoms with Gasteiger partial charge >= 0.3 is 0 Å². The summed E-state index contributed by atoms with van der Waals surface area (Å²) in [5, 5.41) is 4.41. The van der Waals surface area contributed by atoms with Crippen LogP contribution in [-0.2, 0) is 13.1 Å². The molecule has 0 fully saturated rings. The summed E-state index contributed by atoms with van der Waals surface area (Å²) in [6.07, 6.45) is 12.0. The van der Waals surface area contributed by atoms with E-state index in [9.17, 15) is 0 Å². The summed E-state index contributed by atoms with van der Waals surface area (Å²) in [6.45, 7) is 5.68. The molecule has 0 amide bonds. The van der Waals surface area contributed by atoms with Crippen molar-refractivity contribution in [3.63, 3.8) is 0 Å². The maximum absolute atomic E-state index is 4.56. The molecule has 2 aromatic rings. The van der Waals surface area contributed by atoms with Gasteiger partial charge < -0.3 is 4.57 Å². The second kappa shape index (κ2) is 5.61. The van der Waals surface area contributed by atoms with Gasteiger partial charge in [-0.1, -0.05) is 12.2 Å². The first-order chi connectivity index (χ1) is 9.74. The van der Waals surface area contributed by atoms with Gasteiger partial charge in [0.05, 0.1) is 6.54 Å². The zero-order chi connectivity index (χ0) is 13.9. The molecule has 1 aliphatic carbocycles. The van der Waals surface area contributed by atoms with Crippen LogP contribution in [0.5, 0.6) is 0 Å². The van der Waals surface area contributed by atoms with Crippen LogP contribution in [0.3, 0.4) is 0 Å². The van der Waals surface area contributed by atoms with Crippen molar-refractivity contribution < 1.29 is 0 Å². The van der Waals surface area contributed by atoms with Gasteiger partial charge in [0.25, 0.3) is 0 Å². The fraction of sp³-hybridized carbons (Fsp3) is 0.533. The zero-order valence-corrected chi connectivity index (χ0v) is 12.2. The third-order valence-electron chi connectivity index (χ3n) is 3.90. The minimum atomic E-state index is 0.563. The number of nitrogens with zero attached hydrogens (tertiary/aromatic N) is 5. The lowest BCUT2D eigenvalue weighted by atomic mass is 9.94. The molecule has 0 N–H and O–H groups in total. The molecule has 0 radical (unpaired) electrons. The Hall–Kier alpha value is -1.91. The molecule has 2 aromatic heterocycles. The van der Waals surface area contributed by atoms with Crippen molar-refractivity contribution in [1.82, 2.24) is 24.3 Å². The Labute approximate surface area is 119 Å². The van der Waals surface area contributed by atoms with Crippen molar-refractivity contribution in [1.29, 1.82) is 0 Å². The van der Waals surface area contributed by atoms with Gasteiger partial charge in [0.1, 0.15) is 17.5 Å². The highest BCUT2D eigenvalue weighted by molar-refractivity contribution is 5.07. The Bertz CT molecular complexity index is 608. The Kier molecular flexibility index (Phi) is 3.67. The standard InChI is InChI=1S/C15H21N5/c1-12-17-13(2)20(18-12)11-10-19-9-8-16-15(19)14-6-4-3-5-7-14/h3-4,8-9,14H,5-7,10-11H2,1-2H3/t14-/m1/s1. The van der Waals surface area contributed by atoms with Crippen molar-refractivity contribution in [2.75, 3.05) is 0 Å². The monoisotopic (exact) mass is 271 g/mol. The van der Waals surface area contributed by atoms with Crippen LogP contribution in [0.1, 0.15) is 42.7 Å². The van der Waals surface area contributed by atoms with Crippen LogP contribution in [0.4, 0.5) is 0 Å². The zero-order valence-electron chi connectivity index (χ0n) is 12.2. The molecule has 0 aliphatic heterocycles. The highest BCUT2D eigenvalue weighted by Crippen LogP contribution is 2.27. The average molecular weight is 271 g/mol. The van der Waals surface area contributed by atoms with Crippen LogP contribution in [-0.4, -0.2) is 24.3 Å². The molecule has 0 saturated carbocycles. The van der Waals surface area contributed by atoms with E-state index in [1.54, 1.807) is 0 Å². The van der Waals surface area contributed by atoms with Crippen molar-refractivity contribution in [3.8, 4) is 0 Å². The molecule has 0 bridgehead atoms. The predicted octanol–water partition coefficient (Wildman–Crippen LogP) is 2.62. The van der Waals surface area contributed by atoms with Crippen molar-refractivity contribution in [3.05, 3.63) is 42.0 Å². The van der Waals surface area contributed by atoms with Gasteiger partial charge in [-0.3, -0.25) is 0 Å². The number of hydrogen-bond donors (Lipinski definition) is 0. The molecule has 20 heavy (non-hydrogen) atoms. The lowest BCUT2D eigenvalue weighted by molar-refractivity contribution is 0.480. The number of allylic oxidation sites excluding steroid dienone is 2. The van der Waals surface area contributed by atoms with E-state index < -0.39 is 0 Å². The summed E-state index contributed by atoms with van der Waals surface area (Å²) in [4.78, 5) is 8.90. The van der Waals surface area contributed by atoms with E-state index in [-0.39, 0.29) is 0 Å². The molecular formula is C15H21N5. The molecule has 3 rings (SSSR count). The summed E-state index contributed by atoms with van der Waals surface area (Å²) in [5.41, 5.74) is 0.